The maximum atomic E-state index is 6.47. The number of hydrogen-bond acceptors (Lipinski definition) is 3. The third-order valence-electron chi connectivity index (χ3n) is 4.36. The van der Waals surface area contributed by atoms with E-state index in [-0.39, 0.29) is 11.6 Å². The molecule has 5 heteroatoms. The highest BCUT2D eigenvalue weighted by Crippen LogP contribution is 2.44. The molecule has 1 fully saturated rings. The highest BCUT2D eigenvalue weighted by Gasteiger charge is 2.44. The van der Waals surface area contributed by atoms with Crippen molar-refractivity contribution in [2.75, 3.05) is 13.2 Å². The van der Waals surface area contributed by atoms with Gasteiger partial charge in [0.1, 0.15) is 0 Å². The molecule has 21 heavy (non-hydrogen) atoms. The molecule has 2 rings (SSSR count). The van der Waals surface area contributed by atoms with Crippen LogP contribution in [-0.4, -0.2) is 28.5 Å². The van der Waals surface area contributed by atoms with Crippen LogP contribution in [0.4, 0.5) is 0 Å². The number of hydrogen-bond donors (Lipinski definition) is 1. The number of aryl methyl sites for hydroxylation is 1. The van der Waals surface area contributed by atoms with Gasteiger partial charge in [-0.15, -0.1) is 0 Å². The molecule has 0 spiro atoms. The Bertz CT molecular complexity index is 441. The molecule has 0 saturated heterocycles. The number of rotatable bonds is 8. The van der Waals surface area contributed by atoms with Crippen molar-refractivity contribution in [3.05, 3.63) is 16.9 Å². The summed E-state index contributed by atoms with van der Waals surface area (Å²) in [6.45, 7) is 8.90. The van der Waals surface area contributed by atoms with E-state index in [0.29, 0.717) is 0 Å². The van der Waals surface area contributed by atoms with Gasteiger partial charge in [0.25, 0.3) is 0 Å². The molecule has 1 aromatic heterocycles. The molecule has 1 aliphatic carbocycles. The third-order valence-corrected chi connectivity index (χ3v) is 4.65. The third kappa shape index (κ3) is 3.43. The number of ether oxygens (including phenoxy) is 1. The summed E-state index contributed by atoms with van der Waals surface area (Å²) in [4.78, 5) is 0. The molecule has 0 radical (unpaired) electrons. The van der Waals surface area contributed by atoms with Crippen molar-refractivity contribution in [1.82, 2.24) is 15.1 Å². The van der Waals surface area contributed by atoms with E-state index < -0.39 is 0 Å². The second-order valence-electron chi connectivity index (χ2n) is 5.80. The van der Waals surface area contributed by atoms with E-state index >= 15 is 0 Å². The zero-order valence-corrected chi connectivity index (χ0v) is 14.2. The van der Waals surface area contributed by atoms with Gasteiger partial charge in [0, 0.05) is 13.2 Å². The molecule has 4 nitrogen and oxygen atoms in total. The van der Waals surface area contributed by atoms with Crippen molar-refractivity contribution in [3.8, 4) is 0 Å². The van der Waals surface area contributed by atoms with Crippen LogP contribution in [0.25, 0.3) is 0 Å². The maximum Gasteiger partial charge on any atom is 0.0891 e. The van der Waals surface area contributed by atoms with Gasteiger partial charge in [0.05, 0.1) is 28.6 Å². The SMILES string of the molecule is CCCn1ncc(Cl)c1C(NCC)C1(OCC)CCCC1. The fourth-order valence-corrected chi connectivity index (χ4v) is 3.81. The Labute approximate surface area is 133 Å². The quantitative estimate of drug-likeness (QED) is 0.790. The van der Waals surface area contributed by atoms with Crippen LogP contribution < -0.4 is 5.32 Å². The predicted molar refractivity (Wildman–Crippen MR) is 86.8 cm³/mol. The van der Waals surface area contributed by atoms with Gasteiger partial charge in [-0.3, -0.25) is 4.68 Å². The van der Waals surface area contributed by atoms with Gasteiger partial charge in [0.15, 0.2) is 0 Å². The molecular weight excluding hydrogens is 286 g/mol. The van der Waals surface area contributed by atoms with E-state index in [9.17, 15) is 0 Å². The second kappa shape index (κ2) is 7.61. The molecule has 1 heterocycles. The smallest absolute Gasteiger partial charge is 0.0891 e. The molecule has 1 atom stereocenters. The molecule has 120 valence electrons. The van der Waals surface area contributed by atoms with Crippen LogP contribution in [0, 0.1) is 0 Å². The predicted octanol–water partition coefficient (Wildman–Crippen LogP) is 3.95. The van der Waals surface area contributed by atoms with Crippen molar-refractivity contribution in [2.45, 2.75) is 71.1 Å². The fourth-order valence-electron chi connectivity index (χ4n) is 3.56. The van der Waals surface area contributed by atoms with Crippen LogP contribution >= 0.6 is 11.6 Å². The van der Waals surface area contributed by atoms with Crippen LogP contribution in [-0.2, 0) is 11.3 Å². The minimum atomic E-state index is -0.139. The summed E-state index contributed by atoms with van der Waals surface area (Å²) in [5.41, 5.74) is 0.954. The molecule has 1 aliphatic rings. The molecule has 1 unspecified atom stereocenters. The highest BCUT2D eigenvalue weighted by molar-refractivity contribution is 6.31. The number of aromatic nitrogens is 2. The second-order valence-corrected chi connectivity index (χ2v) is 6.20. The molecule has 1 N–H and O–H groups in total. The summed E-state index contributed by atoms with van der Waals surface area (Å²) in [7, 11) is 0. The number of halogens is 1. The summed E-state index contributed by atoms with van der Waals surface area (Å²) < 4.78 is 8.31. The average molecular weight is 314 g/mol. The molecule has 1 saturated carbocycles. The Balaban J connectivity index is 2.39. The van der Waals surface area contributed by atoms with Gasteiger partial charge in [0.2, 0.25) is 0 Å². The van der Waals surface area contributed by atoms with Crippen LogP contribution in [0.3, 0.4) is 0 Å². The molecule has 0 aromatic carbocycles. The van der Waals surface area contributed by atoms with E-state index in [4.69, 9.17) is 16.3 Å². The van der Waals surface area contributed by atoms with Crippen molar-refractivity contribution in [2.24, 2.45) is 0 Å². The van der Waals surface area contributed by atoms with Gasteiger partial charge in [-0.25, -0.2) is 0 Å². The van der Waals surface area contributed by atoms with Crippen molar-refractivity contribution >= 4 is 11.6 Å². The van der Waals surface area contributed by atoms with E-state index in [2.05, 4.69) is 35.9 Å². The Kier molecular flexibility index (Phi) is 6.08. The van der Waals surface area contributed by atoms with E-state index in [0.717, 1.165) is 49.7 Å². The van der Waals surface area contributed by atoms with Crippen molar-refractivity contribution in [3.63, 3.8) is 0 Å². The Morgan fingerprint density at radius 2 is 2.10 bits per heavy atom. The molecular formula is C16H28ClN3O. The average Bonchev–Trinajstić information content (AvgIpc) is 3.06. The number of likely N-dealkylation sites (N-methyl/N-ethyl adjacent to an activating group) is 1. The first-order valence-electron chi connectivity index (χ1n) is 8.27. The number of nitrogens with one attached hydrogen (secondary N) is 1. The minimum absolute atomic E-state index is 0.117. The zero-order valence-electron chi connectivity index (χ0n) is 13.5. The van der Waals surface area contributed by atoms with Gasteiger partial charge >= 0.3 is 0 Å². The van der Waals surface area contributed by atoms with Crippen LogP contribution in [0.15, 0.2) is 6.20 Å². The van der Waals surface area contributed by atoms with E-state index in [1.165, 1.54) is 12.8 Å². The Hall–Kier alpha value is -0.580. The van der Waals surface area contributed by atoms with E-state index in [1.807, 2.05) is 0 Å². The van der Waals surface area contributed by atoms with Crippen molar-refractivity contribution in [1.29, 1.82) is 0 Å². The minimum Gasteiger partial charge on any atom is -0.373 e. The largest absolute Gasteiger partial charge is 0.373 e. The number of nitrogens with zero attached hydrogens (tertiary/aromatic N) is 2. The summed E-state index contributed by atoms with van der Waals surface area (Å²) in [6, 6.07) is 0.117. The molecule has 0 bridgehead atoms. The first-order chi connectivity index (χ1) is 10.2. The monoisotopic (exact) mass is 313 g/mol. The maximum absolute atomic E-state index is 6.47. The zero-order chi connectivity index (χ0) is 15.3. The summed E-state index contributed by atoms with van der Waals surface area (Å²) in [5, 5.41) is 8.83. The van der Waals surface area contributed by atoms with Gasteiger partial charge in [-0.1, -0.05) is 38.3 Å². The van der Waals surface area contributed by atoms with Gasteiger partial charge in [-0.2, -0.15) is 5.10 Å². The highest BCUT2D eigenvalue weighted by atomic mass is 35.5. The standard InChI is InChI=1S/C16H28ClN3O/c1-4-11-20-14(13(17)12-19-20)15(18-5-2)16(21-6-3)9-7-8-10-16/h12,15,18H,4-11H2,1-3H3. The van der Waals surface area contributed by atoms with Gasteiger partial charge < -0.3 is 10.1 Å². The summed E-state index contributed by atoms with van der Waals surface area (Å²) >= 11 is 6.47. The lowest BCUT2D eigenvalue weighted by Crippen LogP contribution is -2.45. The summed E-state index contributed by atoms with van der Waals surface area (Å²) in [5.74, 6) is 0. The van der Waals surface area contributed by atoms with Crippen LogP contribution in [0.2, 0.25) is 5.02 Å². The Morgan fingerprint density at radius 3 is 2.67 bits per heavy atom. The first-order valence-corrected chi connectivity index (χ1v) is 8.64. The topological polar surface area (TPSA) is 39.1 Å². The van der Waals surface area contributed by atoms with Crippen LogP contribution in [0.1, 0.15) is 64.6 Å². The lowest BCUT2D eigenvalue weighted by Gasteiger charge is -2.38. The van der Waals surface area contributed by atoms with Crippen LogP contribution in [0.5, 0.6) is 0 Å². The molecule has 1 aromatic rings. The lowest BCUT2D eigenvalue weighted by molar-refractivity contribution is -0.0641. The Morgan fingerprint density at radius 1 is 1.38 bits per heavy atom. The van der Waals surface area contributed by atoms with E-state index in [1.54, 1.807) is 6.20 Å². The first kappa shape index (κ1) is 16.8. The molecule has 0 aliphatic heterocycles. The lowest BCUT2D eigenvalue weighted by atomic mass is 9.89. The molecule has 0 amide bonds. The van der Waals surface area contributed by atoms with Crippen molar-refractivity contribution < 1.29 is 4.74 Å². The summed E-state index contributed by atoms with van der Waals surface area (Å²) in [6.07, 6.45) is 7.44. The normalized spacial score (nSPS) is 19.0. The fraction of sp³-hybridized carbons (Fsp3) is 0.812. The van der Waals surface area contributed by atoms with Gasteiger partial charge in [-0.05, 0) is 32.7 Å².